The third-order valence-corrected chi connectivity index (χ3v) is 5.26. The van der Waals surface area contributed by atoms with Crippen molar-refractivity contribution in [3.05, 3.63) is 12.7 Å². The lowest BCUT2D eigenvalue weighted by molar-refractivity contribution is -0.399. The summed E-state index contributed by atoms with van der Waals surface area (Å²) in [7, 11) is 0. The smallest absolute Gasteiger partial charge is 0.428 e. The Labute approximate surface area is 153 Å². The normalized spacial score (nSPS) is 26.5. The van der Waals surface area contributed by atoms with Gasteiger partial charge in [0.05, 0.1) is 5.60 Å². The van der Waals surface area contributed by atoms with Gasteiger partial charge in [-0.1, -0.05) is 13.5 Å². The van der Waals surface area contributed by atoms with E-state index >= 15 is 0 Å². The lowest BCUT2D eigenvalue weighted by Gasteiger charge is -2.41. The molecular formula is C17H24F6O4. The van der Waals surface area contributed by atoms with Gasteiger partial charge in [-0.2, -0.15) is 26.3 Å². The van der Waals surface area contributed by atoms with Gasteiger partial charge in [0.15, 0.2) is 0 Å². The average Bonchev–Trinajstić information content (AvgIpc) is 2.96. The van der Waals surface area contributed by atoms with E-state index in [-0.39, 0.29) is 25.2 Å². The van der Waals surface area contributed by atoms with Crippen LogP contribution in [-0.2, 0) is 14.3 Å². The van der Waals surface area contributed by atoms with Crippen LogP contribution in [0, 0.1) is 5.92 Å². The zero-order valence-electron chi connectivity index (χ0n) is 15.3. The van der Waals surface area contributed by atoms with E-state index in [1.165, 1.54) is 0 Å². The zero-order chi connectivity index (χ0) is 21.3. The van der Waals surface area contributed by atoms with Gasteiger partial charge in [0.1, 0.15) is 12.2 Å². The number of carbonyl (C=O) groups excluding carboxylic acids is 1. The third-order valence-electron chi connectivity index (χ3n) is 5.26. The Hall–Kier alpha value is -1.29. The van der Waals surface area contributed by atoms with Gasteiger partial charge in [0.2, 0.25) is 0 Å². The summed E-state index contributed by atoms with van der Waals surface area (Å²) in [5.74, 6) is -0.972. The van der Waals surface area contributed by atoms with Crippen LogP contribution in [-0.4, -0.2) is 46.8 Å². The number of hydrogen-bond acceptors (Lipinski definition) is 4. The summed E-state index contributed by atoms with van der Waals surface area (Å²) in [6.07, 6.45) is -13.3. The molecule has 158 valence electrons. The molecule has 0 saturated heterocycles. The second-order valence-corrected chi connectivity index (χ2v) is 6.91. The number of rotatable bonds is 7. The molecule has 3 unspecified atom stereocenters. The molecule has 0 aromatic carbocycles. The largest absolute Gasteiger partial charge is 0.459 e. The summed E-state index contributed by atoms with van der Waals surface area (Å²) in [5.41, 5.74) is -6.27. The zero-order valence-corrected chi connectivity index (χ0v) is 15.3. The summed E-state index contributed by atoms with van der Waals surface area (Å²) in [6.45, 7) is 6.99. The van der Waals surface area contributed by atoms with Crippen LogP contribution < -0.4 is 0 Å². The number of aliphatic hydroxyl groups is 1. The first-order valence-electron chi connectivity index (χ1n) is 8.50. The van der Waals surface area contributed by atoms with Crippen molar-refractivity contribution in [2.45, 2.75) is 82.2 Å². The monoisotopic (exact) mass is 406 g/mol. The molecule has 10 heteroatoms. The van der Waals surface area contributed by atoms with E-state index < -0.39 is 41.7 Å². The van der Waals surface area contributed by atoms with E-state index in [1.807, 2.05) is 0 Å². The number of hydrogen-bond donors (Lipinski definition) is 1. The first-order chi connectivity index (χ1) is 12.1. The maximum absolute atomic E-state index is 13.0. The number of ether oxygens (including phenoxy) is 2. The molecule has 0 heterocycles. The van der Waals surface area contributed by atoms with Crippen LogP contribution >= 0.6 is 0 Å². The Balaban J connectivity index is 3.00. The minimum Gasteiger partial charge on any atom is -0.459 e. The fourth-order valence-electron chi connectivity index (χ4n) is 3.45. The summed E-state index contributed by atoms with van der Waals surface area (Å²) >= 11 is 0. The van der Waals surface area contributed by atoms with Crippen molar-refractivity contribution in [1.29, 1.82) is 0 Å². The first-order valence-corrected chi connectivity index (χ1v) is 8.50. The predicted octanol–water partition coefficient (Wildman–Crippen LogP) is 4.31. The van der Waals surface area contributed by atoms with Gasteiger partial charge in [0.25, 0.3) is 5.60 Å². The molecule has 4 atom stereocenters. The highest BCUT2D eigenvalue weighted by molar-refractivity contribution is 5.81. The standard InChI is InChI=1S/C17H24F6O4/c1-5-13(24)26-10(3)12-7-8-14(6-2,9-12)27-11(4)15(25,16(18,19)20)17(21,22)23/h5,10-12,25H,1,6-9H2,2-4H3/t10?,11?,12?,14-/m1/s1. The molecule has 0 amide bonds. The maximum Gasteiger partial charge on any atom is 0.428 e. The number of alkyl halides is 6. The van der Waals surface area contributed by atoms with E-state index in [4.69, 9.17) is 9.47 Å². The second-order valence-electron chi connectivity index (χ2n) is 6.91. The van der Waals surface area contributed by atoms with Crippen LogP contribution in [0.5, 0.6) is 0 Å². The Morgan fingerprint density at radius 2 is 1.78 bits per heavy atom. The highest BCUT2D eigenvalue weighted by Gasteiger charge is 2.74. The summed E-state index contributed by atoms with van der Waals surface area (Å²) in [4.78, 5) is 11.3. The predicted molar refractivity (Wildman–Crippen MR) is 83.7 cm³/mol. The number of carbonyl (C=O) groups is 1. The van der Waals surface area contributed by atoms with Crippen molar-refractivity contribution >= 4 is 5.97 Å². The molecule has 0 aliphatic heterocycles. The molecule has 1 aliphatic rings. The molecule has 1 saturated carbocycles. The second kappa shape index (κ2) is 7.98. The van der Waals surface area contributed by atoms with Gasteiger partial charge in [-0.3, -0.25) is 0 Å². The third kappa shape index (κ3) is 4.77. The van der Waals surface area contributed by atoms with E-state index in [2.05, 4.69) is 6.58 Å². The molecule has 0 spiro atoms. The van der Waals surface area contributed by atoms with Crippen LogP contribution in [0.4, 0.5) is 26.3 Å². The van der Waals surface area contributed by atoms with E-state index in [9.17, 15) is 36.2 Å². The SMILES string of the molecule is C=CC(=O)OC(C)C1CC[C@@](CC)(OC(C)C(O)(C(F)(F)F)C(F)(F)F)C1. The summed E-state index contributed by atoms with van der Waals surface area (Å²) in [5, 5.41) is 9.49. The van der Waals surface area contributed by atoms with Gasteiger partial charge in [-0.25, -0.2) is 4.79 Å². The number of halogens is 6. The van der Waals surface area contributed by atoms with Crippen LogP contribution in [0.3, 0.4) is 0 Å². The van der Waals surface area contributed by atoms with Gasteiger partial charge >= 0.3 is 18.3 Å². The topological polar surface area (TPSA) is 55.8 Å². The molecule has 1 N–H and O–H groups in total. The fraction of sp³-hybridized carbons (Fsp3) is 0.824. The summed E-state index contributed by atoms with van der Waals surface area (Å²) < 4.78 is 88.5. The molecule has 0 aromatic heterocycles. The molecule has 1 fully saturated rings. The Morgan fingerprint density at radius 3 is 2.19 bits per heavy atom. The molecule has 27 heavy (non-hydrogen) atoms. The van der Waals surface area contributed by atoms with Crippen molar-refractivity contribution < 1.29 is 45.7 Å². The van der Waals surface area contributed by atoms with Crippen molar-refractivity contribution in [3.8, 4) is 0 Å². The van der Waals surface area contributed by atoms with Crippen molar-refractivity contribution in [3.63, 3.8) is 0 Å². The Kier molecular flexibility index (Phi) is 7.02. The van der Waals surface area contributed by atoms with Crippen LogP contribution in [0.1, 0.15) is 46.5 Å². The molecule has 1 aliphatic carbocycles. The molecule has 4 nitrogen and oxygen atoms in total. The van der Waals surface area contributed by atoms with E-state index in [0.717, 1.165) is 6.08 Å². The van der Waals surface area contributed by atoms with Gasteiger partial charge in [0, 0.05) is 6.08 Å². The lowest BCUT2D eigenvalue weighted by atomic mass is 9.91. The van der Waals surface area contributed by atoms with Crippen LogP contribution in [0.2, 0.25) is 0 Å². The number of esters is 1. The minimum absolute atomic E-state index is 0.102. The van der Waals surface area contributed by atoms with Crippen molar-refractivity contribution in [2.75, 3.05) is 0 Å². The molecular weight excluding hydrogens is 382 g/mol. The van der Waals surface area contributed by atoms with E-state index in [1.54, 1.807) is 13.8 Å². The van der Waals surface area contributed by atoms with Crippen molar-refractivity contribution in [2.24, 2.45) is 5.92 Å². The summed E-state index contributed by atoms with van der Waals surface area (Å²) in [6, 6.07) is 0. The highest BCUT2D eigenvalue weighted by atomic mass is 19.4. The highest BCUT2D eigenvalue weighted by Crippen LogP contribution is 2.49. The van der Waals surface area contributed by atoms with Gasteiger partial charge < -0.3 is 14.6 Å². The van der Waals surface area contributed by atoms with Crippen LogP contribution in [0.15, 0.2) is 12.7 Å². The first kappa shape index (κ1) is 23.7. The van der Waals surface area contributed by atoms with Crippen LogP contribution in [0.25, 0.3) is 0 Å². The molecule has 0 aromatic rings. The molecule has 1 rings (SSSR count). The van der Waals surface area contributed by atoms with Crippen molar-refractivity contribution in [1.82, 2.24) is 0 Å². The Morgan fingerprint density at radius 1 is 1.26 bits per heavy atom. The molecule has 0 bridgehead atoms. The molecule has 0 radical (unpaired) electrons. The van der Waals surface area contributed by atoms with E-state index in [0.29, 0.717) is 13.3 Å². The fourth-order valence-corrected chi connectivity index (χ4v) is 3.45. The minimum atomic E-state index is -5.95. The maximum atomic E-state index is 13.0. The van der Waals surface area contributed by atoms with Gasteiger partial charge in [-0.05, 0) is 45.4 Å². The lowest BCUT2D eigenvalue weighted by Crippen LogP contribution is -2.65. The van der Waals surface area contributed by atoms with Gasteiger partial charge in [-0.15, -0.1) is 0 Å². The Bertz CT molecular complexity index is 531. The quantitative estimate of drug-likeness (QED) is 0.389. The average molecular weight is 406 g/mol.